The number of benzene rings is 2. The summed E-state index contributed by atoms with van der Waals surface area (Å²) >= 11 is 5.67. The summed E-state index contributed by atoms with van der Waals surface area (Å²) < 4.78 is 66.4. The number of amides is 1. The Morgan fingerprint density at radius 3 is 2.15 bits per heavy atom. The molecule has 27 heavy (non-hydrogen) atoms. The van der Waals surface area contributed by atoms with Gasteiger partial charge in [0, 0.05) is 31.2 Å². The van der Waals surface area contributed by atoms with E-state index in [4.69, 9.17) is 11.6 Å². The van der Waals surface area contributed by atoms with Gasteiger partial charge in [0.05, 0.1) is 10.5 Å². The third-order valence-electron chi connectivity index (χ3n) is 4.22. The van der Waals surface area contributed by atoms with E-state index in [1.165, 1.54) is 17.0 Å². The molecule has 5 nitrogen and oxygen atoms in total. The monoisotopic (exact) mass is 418 g/mol. The number of rotatable bonds is 3. The molecule has 0 radical (unpaired) electrons. The minimum absolute atomic E-state index is 0.0316. The predicted molar refractivity (Wildman–Crippen MR) is 92.4 cm³/mol. The first-order chi connectivity index (χ1) is 12.7. The van der Waals surface area contributed by atoms with Gasteiger partial charge in [-0.1, -0.05) is 11.6 Å². The van der Waals surface area contributed by atoms with Gasteiger partial charge in [0.2, 0.25) is 10.0 Å². The summed E-state index contributed by atoms with van der Waals surface area (Å²) in [5.41, 5.74) is -0.156. The maximum Gasteiger partial charge on any atom is 0.256 e. The van der Waals surface area contributed by atoms with E-state index in [1.807, 2.05) is 0 Å². The maximum absolute atomic E-state index is 13.9. The first kappa shape index (κ1) is 19.7. The lowest BCUT2D eigenvalue weighted by atomic mass is 10.1. The van der Waals surface area contributed by atoms with Gasteiger partial charge in [-0.05, 0) is 36.4 Å². The number of piperazine rings is 1. The van der Waals surface area contributed by atoms with Crippen molar-refractivity contribution in [3.8, 4) is 0 Å². The Hall–Kier alpha value is -2.10. The van der Waals surface area contributed by atoms with Crippen molar-refractivity contribution in [3.63, 3.8) is 0 Å². The normalized spacial score (nSPS) is 15.8. The largest absolute Gasteiger partial charge is 0.336 e. The van der Waals surface area contributed by atoms with Gasteiger partial charge in [-0.15, -0.1) is 0 Å². The smallest absolute Gasteiger partial charge is 0.256 e. The van der Waals surface area contributed by atoms with Crippen molar-refractivity contribution < 1.29 is 26.4 Å². The molecule has 1 fully saturated rings. The molecule has 144 valence electrons. The van der Waals surface area contributed by atoms with E-state index in [2.05, 4.69) is 0 Å². The average Bonchev–Trinajstić information content (AvgIpc) is 2.63. The summed E-state index contributed by atoms with van der Waals surface area (Å²) in [5.74, 6) is -3.74. The zero-order valence-corrected chi connectivity index (χ0v) is 15.4. The van der Waals surface area contributed by atoms with Gasteiger partial charge in [0.25, 0.3) is 5.91 Å². The molecule has 0 aromatic heterocycles. The van der Waals surface area contributed by atoms with Crippen LogP contribution in [0.1, 0.15) is 10.4 Å². The summed E-state index contributed by atoms with van der Waals surface area (Å²) in [6.45, 7) is -0.0435. The highest BCUT2D eigenvalue weighted by Gasteiger charge is 2.31. The summed E-state index contributed by atoms with van der Waals surface area (Å²) in [5, 5.41) is 0.159. The van der Waals surface area contributed by atoms with Crippen LogP contribution in [0, 0.1) is 17.5 Å². The van der Waals surface area contributed by atoms with Crippen LogP contribution in [0.25, 0.3) is 0 Å². The summed E-state index contributed by atoms with van der Waals surface area (Å²) in [7, 11) is -4.03. The van der Waals surface area contributed by atoms with Crippen LogP contribution >= 0.6 is 11.6 Å². The van der Waals surface area contributed by atoms with Gasteiger partial charge < -0.3 is 4.90 Å². The number of hydrogen-bond acceptors (Lipinski definition) is 3. The topological polar surface area (TPSA) is 57.7 Å². The van der Waals surface area contributed by atoms with Gasteiger partial charge >= 0.3 is 0 Å². The Labute approximate surface area is 159 Å². The Morgan fingerprint density at radius 2 is 1.56 bits per heavy atom. The highest BCUT2D eigenvalue weighted by atomic mass is 35.5. The highest BCUT2D eigenvalue weighted by Crippen LogP contribution is 2.21. The van der Waals surface area contributed by atoms with E-state index < -0.39 is 33.4 Å². The molecule has 0 atom stereocenters. The maximum atomic E-state index is 13.9. The minimum Gasteiger partial charge on any atom is -0.336 e. The minimum atomic E-state index is -4.03. The van der Waals surface area contributed by atoms with Crippen molar-refractivity contribution in [1.29, 1.82) is 0 Å². The van der Waals surface area contributed by atoms with E-state index in [1.54, 1.807) is 0 Å². The predicted octanol–water partition coefficient (Wildman–Crippen LogP) is 2.90. The second kappa shape index (κ2) is 7.49. The van der Waals surface area contributed by atoms with Gasteiger partial charge in [0.1, 0.15) is 5.82 Å². The standard InChI is InChI=1S/C17H14ClF3N2O3S/c18-11-1-3-13(15(20)9-11)17(24)22-5-7-23(8-6-22)27(25,26)12-2-4-14(19)16(21)10-12/h1-4,9-10H,5-8H2. The molecule has 0 bridgehead atoms. The van der Waals surface area contributed by atoms with Crippen LogP contribution in [0.2, 0.25) is 5.02 Å². The third kappa shape index (κ3) is 3.95. The van der Waals surface area contributed by atoms with Crippen molar-refractivity contribution >= 4 is 27.5 Å². The quantitative estimate of drug-likeness (QED) is 0.770. The lowest BCUT2D eigenvalue weighted by Gasteiger charge is -2.34. The van der Waals surface area contributed by atoms with Crippen molar-refractivity contribution in [3.05, 3.63) is 64.4 Å². The van der Waals surface area contributed by atoms with Crippen LogP contribution in [0.15, 0.2) is 41.3 Å². The Morgan fingerprint density at radius 1 is 0.889 bits per heavy atom. The molecule has 0 spiro atoms. The number of carbonyl (C=O) groups is 1. The fourth-order valence-electron chi connectivity index (χ4n) is 2.75. The Balaban J connectivity index is 1.72. The zero-order valence-electron chi connectivity index (χ0n) is 13.8. The number of carbonyl (C=O) groups excluding carboxylic acids is 1. The summed E-state index contributed by atoms with van der Waals surface area (Å²) in [6.07, 6.45) is 0. The molecule has 0 unspecified atom stereocenters. The first-order valence-electron chi connectivity index (χ1n) is 7.89. The molecule has 1 amide bonds. The molecule has 1 saturated heterocycles. The summed E-state index contributed by atoms with van der Waals surface area (Å²) in [6, 6.07) is 6.02. The van der Waals surface area contributed by atoms with E-state index in [9.17, 15) is 26.4 Å². The molecule has 3 rings (SSSR count). The number of hydrogen-bond donors (Lipinski definition) is 0. The lowest BCUT2D eigenvalue weighted by molar-refractivity contribution is 0.0693. The van der Waals surface area contributed by atoms with Crippen LogP contribution in [0.3, 0.4) is 0 Å². The second-order valence-electron chi connectivity index (χ2n) is 5.90. The number of halogens is 4. The fourth-order valence-corrected chi connectivity index (χ4v) is 4.34. The van der Waals surface area contributed by atoms with Crippen molar-refractivity contribution in [2.24, 2.45) is 0 Å². The fraction of sp³-hybridized carbons (Fsp3) is 0.235. The van der Waals surface area contributed by atoms with Crippen molar-refractivity contribution in [1.82, 2.24) is 9.21 Å². The summed E-state index contributed by atoms with van der Waals surface area (Å²) in [4.78, 5) is 13.4. The van der Waals surface area contributed by atoms with Crippen LogP contribution in [-0.4, -0.2) is 49.7 Å². The molecule has 1 aliphatic rings. The lowest BCUT2D eigenvalue weighted by Crippen LogP contribution is -2.50. The van der Waals surface area contributed by atoms with Crippen molar-refractivity contribution in [2.45, 2.75) is 4.90 Å². The van der Waals surface area contributed by atoms with Gasteiger partial charge in [0.15, 0.2) is 11.6 Å². The number of nitrogens with zero attached hydrogens (tertiary/aromatic N) is 2. The van der Waals surface area contributed by atoms with Crippen LogP contribution in [0.4, 0.5) is 13.2 Å². The molecule has 2 aromatic rings. The van der Waals surface area contributed by atoms with Gasteiger partial charge in [-0.3, -0.25) is 4.79 Å². The molecule has 0 N–H and O–H groups in total. The molecule has 10 heteroatoms. The average molecular weight is 419 g/mol. The van der Waals surface area contributed by atoms with E-state index in [0.29, 0.717) is 6.07 Å². The SMILES string of the molecule is O=C(c1ccc(Cl)cc1F)N1CCN(S(=O)(=O)c2ccc(F)c(F)c2)CC1. The molecular formula is C17H14ClF3N2O3S. The molecule has 1 heterocycles. The third-order valence-corrected chi connectivity index (χ3v) is 6.35. The number of sulfonamides is 1. The van der Waals surface area contributed by atoms with Crippen LogP contribution in [-0.2, 0) is 10.0 Å². The van der Waals surface area contributed by atoms with E-state index >= 15 is 0 Å². The van der Waals surface area contributed by atoms with Crippen LogP contribution < -0.4 is 0 Å². The van der Waals surface area contributed by atoms with Gasteiger partial charge in [-0.25, -0.2) is 21.6 Å². The molecule has 0 aliphatic carbocycles. The van der Waals surface area contributed by atoms with Gasteiger partial charge in [-0.2, -0.15) is 4.31 Å². The van der Waals surface area contributed by atoms with Crippen molar-refractivity contribution in [2.75, 3.05) is 26.2 Å². The van der Waals surface area contributed by atoms with Crippen LogP contribution in [0.5, 0.6) is 0 Å². The molecule has 0 saturated carbocycles. The molecule has 2 aromatic carbocycles. The molecule has 1 aliphatic heterocycles. The van der Waals surface area contributed by atoms with E-state index in [0.717, 1.165) is 22.5 Å². The Bertz CT molecular complexity index is 993. The Kier molecular flexibility index (Phi) is 5.45. The first-order valence-corrected chi connectivity index (χ1v) is 9.71. The van der Waals surface area contributed by atoms with E-state index in [-0.39, 0.29) is 41.7 Å². The zero-order chi connectivity index (χ0) is 19.8. The highest BCUT2D eigenvalue weighted by molar-refractivity contribution is 7.89. The molecular weight excluding hydrogens is 405 g/mol. The second-order valence-corrected chi connectivity index (χ2v) is 8.27.